The van der Waals surface area contributed by atoms with Gasteiger partial charge in [-0.25, -0.2) is 17.9 Å². The first kappa shape index (κ1) is 16.0. The molecule has 0 saturated heterocycles. The number of aromatic carboxylic acids is 1. The van der Waals surface area contributed by atoms with Crippen molar-refractivity contribution in [3.8, 4) is 0 Å². The Bertz CT molecular complexity index is 634. The second-order valence-electron chi connectivity index (χ2n) is 5.67. The maximum absolute atomic E-state index is 12.4. The van der Waals surface area contributed by atoms with Crippen LogP contribution >= 0.6 is 0 Å². The predicted octanol–water partition coefficient (Wildman–Crippen LogP) is 2.39. The fourth-order valence-corrected chi connectivity index (χ4v) is 4.63. The Morgan fingerprint density at radius 3 is 2.62 bits per heavy atom. The summed E-state index contributed by atoms with van der Waals surface area (Å²) in [4.78, 5) is 10.8. The van der Waals surface area contributed by atoms with Gasteiger partial charge in [-0.1, -0.05) is 20.3 Å². The zero-order valence-corrected chi connectivity index (χ0v) is 13.2. The van der Waals surface area contributed by atoms with E-state index in [9.17, 15) is 13.2 Å². The maximum atomic E-state index is 12.4. The second-order valence-corrected chi connectivity index (χ2v) is 7.35. The number of hydrogen-bond donors (Lipinski definition) is 2. The summed E-state index contributed by atoms with van der Waals surface area (Å²) >= 11 is 0. The monoisotopic (exact) mass is 315 g/mol. The number of aryl methyl sites for hydroxylation is 1. The average Bonchev–Trinajstić information content (AvgIpc) is 2.94. The molecule has 0 aliphatic heterocycles. The molecule has 1 fully saturated rings. The first-order chi connectivity index (χ1) is 9.76. The van der Waals surface area contributed by atoms with Gasteiger partial charge >= 0.3 is 5.97 Å². The molecule has 1 heterocycles. The molecule has 3 unspecified atom stereocenters. The van der Waals surface area contributed by atoms with Gasteiger partial charge in [-0.3, -0.25) is 0 Å². The lowest BCUT2D eigenvalue weighted by molar-refractivity contribution is 0.0661. The molecule has 6 nitrogen and oxygen atoms in total. The van der Waals surface area contributed by atoms with E-state index in [0.29, 0.717) is 5.92 Å². The highest BCUT2D eigenvalue weighted by molar-refractivity contribution is 7.89. The van der Waals surface area contributed by atoms with Crippen molar-refractivity contribution in [1.82, 2.24) is 4.72 Å². The van der Waals surface area contributed by atoms with Crippen LogP contribution in [0.1, 0.15) is 49.4 Å². The van der Waals surface area contributed by atoms with Gasteiger partial charge in [0.2, 0.25) is 15.8 Å². The zero-order valence-electron chi connectivity index (χ0n) is 12.4. The van der Waals surface area contributed by atoms with Crippen molar-refractivity contribution in [2.45, 2.75) is 51.0 Å². The van der Waals surface area contributed by atoms with Crippen LogP contribution in [-0.2, 0) is 10.0 Å². The third kappa shape index (κ3) is 3.13. The van der Waals surface area contributed by atoms with Crippen molar-refractivity contribution in [2.75, 3.05) is 0 Å². The lowest BCUT2D eigenvalue weighted by Gasteiger charge is -2.20. The van der Waals surface area contributed by atoms with Crippen LogP contribution in [0.15, 0.2) is 15.4 Å². The van der Waals surface area contributed by atoms with Crippen molar-refractivity contribution in [2.24, 2.45) is 11.8 Å². The largest absolute Gasteiger partial charge is 0.475 e. The molecule has 3 atom stereocenters. The minimum atomic E-state index is -3.76. The molecule has 1 saturated carbocycles. The number of sulfonamides is 1. The van der Waals surface area contributed by atoms with Crippen molar-refractivity contribution < 1.29 is 22.7 Å². The Balaban J connectivity index is 2.21. The first-order valence-corrected chi connectivity index (χ1v) is 8.60. The van der Waals surface area contributed by atoms with Crippen LogP contribution in [0.5, 0.6) is 0 Å². The second kappa shape index (κ2) is 5.81. The lowest BCUT2D eigenvalue weighted by Crippen LogP contribution is -2.37. The van der Waals surface area contributed by atoms with E-state index in [0.717, 1.165) is 25.3 Å². The van der Waals surface area contributed by atoms with Gasteiger partial charge in [0.25, 0.3) is 0 Å². The molecule has 0 aromatic carbocycles. The van der Waals surface area contributed by atoms with E-state index in [1.54, 1.807) is 0 Å². The van der Waals surface area contributed by atoms with Crippen LogP contribution < -0.4 is 4.72 Å². The van der Waals surface area contributed by atoms with E-state index in [1.807, 2.05) is 0 Å². The van der Waals surface area contributed by atoms with E-state index >= 15 is 0 Å². The number of furan rings is 1. The Morgan fingerprint density at radius 1 is 1.48 bits per heavy atom. The average molecular weight is 315 g/mol. The lowest BCUT2D eigenvalue weighted by atomic mass is 9.94. The normalized spacial score (nSPS) is 26.1. The van der Waals surface area contributed by atoms with Gasteiger partial charge in [0.15, 0.2) is 0 Å². The Labute approximate surface area is 124 Å². The Hall–Kier alpha value is -1.34. The summed E-state index contributed by atoms with van der Waals surface area (Å²) in [6.45, 7) is 5.62. The Morgan fingerprint density at radius 2 is 2.14 bits per heavy atom. The van der Waals surface area contributed by atoms with Gasteiger partial charge < -0.3 is 9.52 Å². The third-order valence-corrected chi connectivity index (χ3v) is 6.03. The molecular formula is C14H21NO5S. The van der Waals surface area contributed by atoms with Gasteiger partial charge in [-0.2, -0.15) is 0 Å². The van der Waals surface area contributed by atoms with Crippen LogP contribution in [0.3, 0.4) is 0 Å². The van der Waals surface area contributed by atoms with Crippen molar-refractivity contribution in [3.63, 3.8) is 0 Å². The van der Waals surface area contributed by atoms with Gasteiger partial charge in [-0.05, 0) is 31.6 Å². The highest BCUT2D eigenvalue weighted by Gasteiger charge is 2.35. The topological polar surface area (TPSA) is 96.6 Å². The van der Waals surface area contributed by atoms with Crippen LogP contribution in [0.25, 0.3) is 0 Å². The molecule has 2 rings (SSSR count). The summed E-state index contributed by atoms with van der Waals surface area (Å²) in [6.07, 6.45) is 2.85. The number of carboxylic acid groups (broad SMARTS) is 1. The molecule has 7 heteroatoms. The molecule has 1 aliphatic carbocycles. The van der Waals surface area contributed by atoms with E-state index in [1.165, 1.54) is 6.92 Å². The van der Waals surface area contributed by atoms with E-state index < -0.39 is 16.0 Å². The highest BCUT2D eigenvalue weighted by Crippen LogP contribution is 2.35. The molecule has 0 amide bonds. The maximum Gasteiger partial charge on any atom is 0.371 e. The molecular weight excluding hydrogens is 294 g/mol. The Kier molecular flexibility index (Phi) is 4.43. The van der Waals surface area contributed by atoms with Gasteiger partial charge in [0.05, 0.1) is 0 Å². The minimum absolute atomic E-state index is 0.0907. The van der Waals surface area contributed by atoms with Crippen LogP contribution in [0.2, 0.25) is 0 Å². The van der Waals surface area contributed by atoms with Crippen LogP contribution in [-0.4, -0.2) is 25.5 Å². The molecule has 0 radical (unpaired) electrons. The smallest absolute Gasteiger partial charge is 0.371 e. The van der Waals surface area contributed by atoms with Crippen molar-refractivity contribution in [1.29, 1.82) is 0 Å². The molecule has 1 aliphatic rings. The summed E-state index contributed by atoms with van der Waals surface area (Å²) in [7, 11) is -3.76. The van der Waals surface area contributed by atoms with Crippen molar-refractivity contribution in [3.05, 3.63) is 17.6 Å². The summed E-state index contributed by atoms with van der Waals surface area (Å²) in [5, 5.41) is 8.87. The minimum Gasteiger partial charge on any atom is -0.475 e. The van der Waals surface area contributed by atoms with Gasteiger partial charge in [-0.15, -0.1) is 0 Å². The SMILES string of the molecule is CCC1CCC(NS(=O)(=O)c2cc(C(=O)O)oc2C)C1C. The van der Waals surface area contributed by atoms with E-state index in [-0.39, 0.29) is 28.4 Å². The molecule has 0 bridgehead atoms. The predicted molar refractivity (Wildman–Crippen MR) is 76.7 cm³/mol. The highest BCUT2D eigenvalue weighted by atomic mass is 32.2. The van der Waals surface area contributed by atoms with Gasteiger partial charge in [0, 0.05) is 12.1 Å². The summed E-state index contributed by atoms with van der Waals surface area (Å²) in [5.74, 6) is -0.746. The fourth-order valence-electron chi connectivity index (χ4n) is 3.09. The van der Waals surface area contributed by atoms with Crippen LogP contribution in [0.4, 0.5) is 0 Å². The zero-order chi connectivity index (χ0) is 15.8. The molecule has 2 N–H and O–H groups in total. The van der Waals surface area contributed by atoms with Gasteiger partial charge in [0.1, 0.15) is 10.7 Å². The molecule has 1 aromatic heterocycles. The summed E-state index contributed by atoms with van der Waals surface area (Å²) < 4.78 is 32.5. The number of hydrogen-bond acceptors (Lipinski definition) is 4. The fraction of sp³-hybridized carbons (Fsp3) is 0.643. The number of rotatable bonds is 5. The number of carbonyl (C=O) groups is 1. The van der Waals surface area contributed by atoms with Crippen molar-refractivity contribution >= 4 is 16.0 Å². The number of nitrogens with one attached hydrogen (secondary N) is 1. The van der Waals surface area contributed by atoms with E-state index in [2.05, 4.69) is 18.6 Å². The molecule has 21 heavy (non-hydrogen) atoms. The summed E-state index contributed by atoms with van der Waals surface area (Å²) in [6, 6.07) is 0.958. The summed E-state index contributed by atoms with van der Waals surface area (Å²) in [5.41, 5.74) is 0. The molecule has 0 spiro atoms. The molecule has 118 valence electrons. The number of carboxylic acids is 1. The van der Waals surface area contributed by atoms with E-state index in [4.69, 9.17) is 9.52 Å². The first-order valence-electron chi connectivity index (χ1n) is 7.12. The van der Waals surface area contributed by atoms with Crippen LogP contribution in [0, 0.1) is 18.8 Å². The molecule has 1 aromatic rings. The quantitative estimate of drug-likeness (QED) is 0.869. The standard InChI is InChI=1S/C14H21NO5S/c1-4-10-5-6-11(8(10)2)15-21(18,19)13-7-12(14(16)17)20-9(13)3/h7-8,10-11,15H,4-6H2,1-3H3,(H,16,17). The third-order valence-electron chi connectivity index (χ3n) is 4.43.